The number of ether oxygens (including phenoxy) is 1. The average molecular weight is 325 g/mol. The monoisotopic (exact) mass is 325 g/mol. The number of hydrogen-bond acceptors (Lipinski definition) is 3. The van der Waals surface area contributed by atoms with Crippen molar-refractivity contribution < 1.29 is 14.6 Å². The molecule has 4 heteroatoms. The number of rotatable bonds is 7. The zero-order valence-electron chi connectivity index (χ0n) is 14.1. The first-order valence-corrected chi connectivity index (χ1v) is 8.08. The van der Waals surface area contributed by atoms with Gasteiger partial charge >= 0.3 is 5.97 Å². The molecule has 0 amide bonds. The Morgan fingerprint density at radius 3 is 2.17 bits per heavy atom. The van der Waals surface area contributed by atoms with Gasteiger partial charge in [0.25, 0.3) is 0 Å². The van der Waals surface area contributed by atoms with Crippen LogP contribution in [0.1, 0.15) is 31.4 Å². The van der Waals surface area contributed by atoms with E-state index in [-0.39, 0.29) is 0 Å². The summed E-state index contributed by atoms with van der Waals surface area (Å²) in [5, 5.41) is 9.68. The molecule has 4 nitrogen and oxygen atoms in total. The van der Waals surface area contributed by atoms with Gasteiger partial charge in [-0.3, -0.25) is 0 Å². The van der Waals surface area contributed by atoms with Crippen LogP contribution in [-0.2, 0) is 11.2 Å². The van der Waals surface area contributed by atoms with Gasteiger partial charge in [-0.1, -0.05) is 31.2 Å². The van der Waals surface area contributed by atoms with Gasteiger partial charge in [0.2, 0.25) is 0 Å². The van der Waals surface area contributed by atoms with Gasteiger partial charge in [0.1, 0.15) is 5.75 Å². The summed E-state index contributed by atoms with van der Waals surface area (Å²) >= 11 is 0. The van der Waals surface area contributed by atoms with Gasteiger partial charge in [-0.15, -0.1) is 0 Å². The largest absolute Gasteiger partial charge is 0.494 e. The quantitative estimate of drug-likeness (QED) is 0.592. The van der Waals surface area contributed by atoms with Gasteiger partial charge in [0, 0.05) is 17.7 Å². The van der Waals surface area contributed by atoms with Crippen molar-refractivity contribution in [3.05, 3.63) is 65.2 Å². The number of nitrogens with two attached hydrogens (primary N) is 1. The van der Waals surface area contributed by atoms with Crippen LogP contribution in [0.15, 0.2) is 54.1 Å². The first kappa shape index (κ1) is 17.6. The van der Waals surface area contributed by atoms with E-state index in [9.17, 15) is 9.90 Å². The van der Waals surface area contributed by atoms with Gasteiger partial charge in [-0.25, -0.2) is 4.79 Å². The van der Waals surface area contributed by atoms with Crippen LogP contribution in [0.4, 0.5) is 5.69 Å². The number of carboxylic acids is 1. The molecule has 0 spiro atoms. The Kier molecular flexibility index (Phi) is 6.01. The fourth-order valence-electron chi connectivity index (χ4n) is 2.66. The van der Waals surface area contributed by atoms with Gasteiger partial charge < -0.3 is 15.6 Å². The van der Waals surface area contributed by atoms with Gasteiger partial charge in [-0.2, -0.15) is 0 Å². The number of aliphatic carboxylic acids is 1. The van der Waals surface area contributed by atoms with Crippen molar-refractivity contribution in [3.63, 3.8) is 0 Å². The summed E-state index contributed by atoms with van der Waals surface area (Å²) < 4.78 is 5.42. The summed E-state index contributed by atoms with van der Waals surface area (Å²) in [6.45, 7) is 4.50. The topological polar surface area (TPSA) is 72.5 Å². The predicted octanol–water partition coefficient (Wildman–Crippen LogP) is 4.16. The van der Waals surface area contributed by atoms with E-state index in [2.05, 4.69) is 0 Å². The fourth-order valence-corrected chi connectivity index (χ4v) is 2.66. The molecule has 0 bridgehead atoms. The summed E-state index contributed by atoms with van der Waals surface area (Å²) in [5.41, 5.74) is 9.47. The van der Waals surface area contributed by atoms with Gasteiger partial charge in [0.15, 0.2) is 0 Å². The van der Waals surface area contributed by atoms with Gasteiger partial charge in [0.05, 0.1) is 6.61 Å². The van der Waals surface area contributed by atoms with E-state index in [1.54, 1.807) is 12.1 Å². The highest BCUT2D eigenvalue weighted by Gasteiger charge is 2.15. The highest BCUT2D eigenvalue weighted by atomic mass is 16.5. The number of hydrogen-bond donors (Lipinski definition) is 2. The van der Waals surface area contributed by atoms with E-state index in [4.69, 9.17) is 10.5 Å². The molecule has 126 valence electrons. The van der Waals surface area contributed by atoms with Crippen LogP contribution < -0.4 is 10.5 Å². The Labute approximate surface area is 142 Å². The van der Waals surface area contributed by atoms with Crippen LogP contribution in [0, 0.1) is 0 Å². The zero-order chi connectivity index (χ0) is 17.5. The Hall–Kier alpha value is -2.75. The first-order valence-electron chi connectivity index (χ1n) is 8.08. The standard InChI is InChI=1S/C20H23NO3/c1-3-18(15-7-9-16(21)10-8-15)19(20(22)23)13-14-5-11-17(12-6-14)24-4-2/h5-12H,3-4,13,21H2,1-2H3,(H,22,23). The third kappa shape index (κ3) is 4.38. The molecule has 0 heterocycles. The molecule has 0 aliphatic carbocycles. The zero-order valence-corrected chi connectivity index (χ0v) is 14.1. The van der Waals surface area contributed by atoms with Crippen molar-refractivity contribution >= 4 is 17.2 Å². The Bertz CT molecular complexity index is 716. The number of nitrogen functional groups attached to an aromatic ring is 1. The second-order valence-electron chi connectivity index (χ2n) is 5.49. The molecule has 2 aromatic carbocycles. The minimum atomic E-state index is -0.891. The molecular formula is C20H23NO3. The maximum atomic E-state index is 11.8. The summed E-state index contributed by atoms with van der Waals surface area (Å²) in [7, 11) is 0. The van der Waals surface area contributed by atoms with Crippen LogP contribution in [0.25, 0.3) is 5.57 Å². The van der Waals surface area contributed by atoms with Crippen molar-refractivity contribution in [1.82, 2.24) is 0 Å². The average Bonchev–Trinajstić information content (AvgIpc) is 2.58. The highest BCUT2D eigenvalue weighted by molar-refractivity contribution is 5.97. The Balaban J connectivity index is 2.35. The molecule has 2 rings (SSSR count). The molecule has 2 aromatic rings. The Morgan fingerprint density at radius 2 is 1.67 bits per heavy atom. The van der Waals surface area contributed by atoms with Crippen molar-refractivity contribution in [2.75, 3.05) is 12.3 Å². The maximum Gasteiger partial charge on any atom is 0.332 e. The normalized spacial score (nSPS) is 11.8. The molecule has 0 saturated carbocycles. The molecule has 0 aliphatic heterocycles. The van der Waals surface area contributed by atoms with Crippen molar-refractivity contribution in [2.45, 2.75) is 26.7 Å². The lowest BCUT2D eigenvalue weighted by Crippen LogP contribution is -2.07. The molecule has 0 aliphatic rings. The second-order valence-corrected chi connectivity index (χ2v) is 5.49. The summed E-state index contributed by atoms with van der Waals surface area (Å²) in [6.07, 6.45) is 1.01. The van der Waals surface area contributed by atoms with E-state index in [1.807, 2.05) is 50.2 Å². The summed E-state index contributed by atoms with van der Waals surface area (Å²) in [4.78, 5) is 11.8. The van der Waals surface area contributed by atoms with Crippen molar-refractivity contribution in [1.29, 1.82) is 0 Å². The number of benzene rings is 2. The van der Waals surface area contributed by atoms with E-state index in [0.29, 0.717) is 30.7 Å². The third-order valence-corrected chi connectivity index (χ3v) is 3.85. The van der Waals surface area contributed by atoms with Crippen LogP contribution in [-0.4, -0.2) is 17.7 Å². The smallest absolute Gasteiger partial charge is 0.332 e. The molecule has 3 N–H and O–H groups in total. The van der Waals surface area contributed by atoms with Crippen LogP contribution >= 0.6 is 0 Å². The fraction of sp³-hybridized carbons (Fsp3) is 0.250. The molecule has 0 radical (unpaired) electrons. The SMILES string of the molecule is CCOc1ccc(CC(C(=O)O)=C(CC)c2ccc(N)cc2)cc1. The molecule has 0 unspecified atom stereocenters. The number of carboxylic acid groups (broad SMARTS) is 1. The number of allylic oxidation sites excluding steroid dienone is 1. The first-order chi connectivity index (χ1) is 11.5. The van der Waals surface area contributed by atoms with Crippen LogP contribution in [0.5, 0.6) is 5.75 Å². The van der Waals surface area contributed by atoms with Crippen molar-refractivity contribution in [3.8, 4) is 5.75 Å². The lowest BCUT2D eigenvalue weighted by Gasteiger charge is -2.12. The van der Waals surface area contributed by atoms with Crippen LogP contribution in [0.3, 0.4) is 0 Å². The van der Waals surface area contributed by atoms with Crippen molar-refractivity contribution in [2.24, 2.45) is 0 Å². The molecule has 24 heavy (non-hydrogen) atoms. The lowest BCUT2D eigenvalue weighted by molar-refractivity contribution is -0.132. The van der Waals surface area contributed by atoms with E-state index >= 15 is 0 Å². The highest BCUT2D eigenvalue weighted by Crippen LogP contribution is 2.26. The molecule has 0 fully saturated rings. The van der Waals surface area contributed by atoms with Gasteiger partial charge in [-0.05, 0) is 54.3 Å². The number of carbonyl (C=O) groups is 1. The molecular weight excluding hydrogens is 302 g/mol. The molecule has 0 aromatic heterocycles. The minimum absolute atomic E-state index is 0.370. The van der Waals surface area contributed by atoms with E-state index in [1.165, 1.54) is 0 Å². The van der Waals surface area contributed by atoms with Crippen LogP contribution in [0.2, 0.25) is 0 Å². The molecule has 0 saturated heterocycles. The van der Waals surface area contributed by atoms with E-state index < -0.39 is 5.97 Å². The molecule has 0 atom stereocenters. The minimum Gasteiger partial charge on any atom is -0.494 e. The summed E-state index contributed by atoms with van der Waals surface area (Å²) in [6, 6.07) is 14.9. The number of anilines is 1. The van der Waals surface area contributed by atoms with E-state index in [0.717, 1.165) is 22.4 Å². The predicted molar refractivity (Wildman–Crippen MR) is 97.0 cm³/mol. The summed E-state index contributed by atoms with van der Waals surface area (Å²) in [5.74, 6) is -0.103. The second kappa shape index (κ2) is 8.20. The Morgan fingerprint density at radius 1 is 1.04 bits per heavy atom. The lowest BCUT2D eigenvalue weighted by atomic mass is 9.93. The maximum absolute atomic E-state index is 11.8. The third-order valence-electron chi connectivity index (χ3n) is 3.85.